The molecule has 1 heterocycles. The van der Waals surface area contributed by atoms with E-state index in [0.717, 1.165) is 18.8 Å². The third-order valence-electron chi connectivity index (χ3n) is 1.91. The van der Waals surface area contributed by atoms with Gasteiger partial charge in [-0.15, -0.1) is 3.69 Å². The maximum absolute atomic E-state index is 5.44. The first kappa shape index (κ1) is 7.89. The Balaban J connectivity index is 2.41. The molecule has 0 saturated carbocycles. The van der Waals surface area contributed by atoms with Crippen LogP contribution < -0.4 is 8.43 Å². The zero-order valence-electron chi connectivity index (χ0n) is 6.14. The van der Waals surface area contributed by atoms with Crippen molar-refractivity contribution >= 4 is 34.8 Å². The van der Waals surface area contributed by atoms with E-state index in [0.29, 0.717) is 0 Å². The second-order valence-corrected chi connectivity index (χ2v) is 5.44. The van der Waals surface area contributed by atoms with Crippen LogP contribution in [0.15, 0.2) is 18.2 Å². The van der Waals surface area contributed by atoms with Gasteiger partial charge in [-0.3, -0.25) is 12.9 Å². The van der Waals surface area contributed by atoms with Crippen molar-refractivity contribution in [2.75, 3.05) is 6.61 Å². The van der Waals surface area contributed by atoms with E-state index in [4.69, 9.17) is 4.74 Å². The second kappa shape index (κ2) is 3.33. The van der Waals surface area contributed by atoms with Crippen LogP contribution in [0.5, 0.6) is 5.75 Å². The Labute approximate surface area is 81.7 Å². The highest BCUT2D eigenvalue weighted by Gasteiger charge is 2.11. The summed E-state index contributed by atoms with van der Waals surface area (Å²) in [5.74, 6) is 1.11. The van der Waals surface area contributed by atoms with Gasteiger partial charge in [0, 0.05) is 6.42 Å². The van der Waals surface area contributed by atoms with Gasteiger partial charge in [0.25, 0.3) is 0 Å². The molecule has 0 amide bonds. The molecule has 0 N–H and O–H groups in total. The van der Waals surface area contributed by atoms with Crippen molar-refractivity contribution in [3.63, 3.8) is 0 Å². The minimum atomic E-state index is -0.195. The standard InChI is InChI=1S/C8H7O.BrH.Mg/c1-2-4-8-7(3-1)5-6-9-8;;/h1,3-4H,5-6H2;1H;/q;;+1/p-1. The lowest BCUT2D eigenvalue weighted by molar-refractivity contribution is 0.357. The highest BCUT2D eigenvalue weighted by atomic mass is 79.9. The topological polar surface area (TPSA) is 9.23 Å². The smallest absolute Gasteiger partial charge is 0.493 e. The van der Waals surface area contributed by atoms with Gasteiger partial charge in [0.2, 0.25) is 0 Å². The molecule has 0 fully saturated rings. The third kappa shape index (κ3) is 1.55. The third-order valence-corrected chi connectivity index (χ3v) is 4.61. The van der Waals surface area contributed by atoms with Crippen LogP contribution in [0.1, 0.15) is 5.56 Å². The molecule has 11 heavy (non-hydrogen) atoms. The van der Waals surface area contributed by atoms with Crippen molar-refractivity contribution in [3.8, 4) is 5.75 Å². The summed E-state index contributed by atoms with van der Waals surface area (Å²) in [5.41, 5.74) is 1.36. The van der Waals surface area contributed by atoms with Crippen molar-refractivity contribution in [3.05, 3.63) is 23.8 Å². The largest absolute Gasteiger partial charge is 0.506 e. The fourth-order valence-electron chi connectivity index (χ4n) is 1.29. The second-order valence-electron chi connectivity index (χ2n) is 2.67. The molecule has 0 bridgehead atoms. The lowest BCUT2D eigenvalue weighted by atomic mass is 10.2. The number of ether oxygens (including phenoxy) is 1. The molecule has 1 nitrogen and oxygen atoms in total. The van der Waals surface area contributed by atoms with Crippen LogP contribution in [-0.4, -0.2) is 24.8 Å². The predicted molar refractivity (Wildman–Crippen MR) is 50.0 cm³/mol. The molecule has 0 radical (unpaired) electrons. The van der Waals surface area contributed by atoms with E-state index in [1.165, 1.54) is 9.26 Å². The van der Waals surface area contributed by atoms with Crippen LogP contribution in [-0.2, 0) is 6.42 Å². The first-order chi connectivity index (χ1) is 5.40. The molecule has 0 saturated heterocycles. The highest BCUT2D eigenvalue weighted by Crippen LogP contribution is 2.22. The lowest BCUT2D eigenvalue weighted by Gasteiger charge is -2.00. The van der Waals surface area contributed by atoms with Crippen molar-refractivity contribution in [1.82, 2.24) is 0 Å². The summed E-state index contributed by atoms with van der Waals surface area (Å²) >= 11 is 3.35. The van der Waals surface area contributed by atoms with Crippen LogP contribution >= 0.6 is 12.9 Å². The summed E-state index contributed by atoms with van der Waals surface area (Å²) in [6.07, 6.45) is 1.08. The fourth-order valence-corrected chi connectivity index (χ4v) is 2.81. The average molecular weight is 223 g/mol. The van der Waals surface area contributed by atoms with E-state index in [-0.39, 0.29) is 18.2 Å². The Kier molecular flexibility index (Phi) is 2.39. The molecule has 54 valence electrons. The molecule has 1 aliphatic rings. The van der Waals surface area contributed by atoms with E-state index < -0.39 is 0 Å². The summed E-state index contributed by atoms with van der Waals surface area (Å²) in [5, 5.41) is 0. The quantitative estimate of drug-likeness (QED) is 0.651. The number of hydrogen-bond acceptors (Lipinski definition) is 1. The van der Waals surface area contributed by atoms with Gasteiger partial charge in [0.05, 0.1) is 6.61 Å². The van der Waals surface area contributed by atoms with E-state index in [9.17, 15) is 0 Å². The number of rotatable bonds is 1. The first-order valence-electron chi connectivity index (χ1n) is 3.71. The number of hydrogen-bond donors (Lipinski definition) is 0. The van der Waals surface area contributed by atoms with Gasteiger partial charge in [-0.2, -0.15) is 0 Å². The Morgan fingerprint density at radius 2 is 2.36 bits per heavy atom. The molecular formula is C8H7BrMgO. The Morgan fingerprint density at radius 1 is 1.45 bits per heavy atom. The molecular weight excluding hydrogens is 216 g/mol. The Bertz CT molecular complexity index is 275. The molecule has 3 heteroatoms. The van der Waals surface area contributed by atoms with Gasteiger partial charge >= 0.3 is 18.2 Å². The number of benzene rings is 1. The number of halogens is 1. The zero-order valence-corrected chi connectivity index (χ0v) is 9.14. The summed E-state index contributed by atoms with van der Waals surface area (Å²) < 4.78 is 6.86. The van der Waals surface area contributed by atoms with E-state index in [1.807, 2.05) is 0 Å². The van der Waals surface area contributed by atoms with Gasteiger partial charge in [0.1, 0.15) is 5.75 Å². The summed E-state index contributed by atoms with van der Waals surface area (Å²) in [7, 11) is 0. The zero-order chi connectivity index (χ0) is 7.68. The van der Waals surface area contributed by atoms with Crippen molar-refractivity contribution in [2.45, 2.75) is 6.42 Å². The van der Waals surface area contributed by atoms with Crippen molar-refractivity contribution < 1.29 is 4.74 Å². The molecule has 1 aromatic carbocycles. The normalized spacial score (nSPS) is 13.5. The lowest BCUT2D eigenvalue weighted by Crippen LogP contribution is -2.07. The van der Waals surface area contributed by atoms with Gasteiger partial charge in [-0.05, 0) is 11.6 Å². The van der Waals surface area contributed by atoms with E-state index >= 15 is 0 Å². The minimum Gasteiger partial charge on any atom is -0.493 e. The molecule has 0 aromatic heterocycles. The van der Waals surface area contributed by atoms with Gasteiger partial charge < -0.3 is 4.74 Å². The van der Waals surface area contributed by atoms with Crippen LogP contribution in [0.4, 0.5) is 0 Å². The van der Waals surface area contributed by atoms with Gasteiger partial charge in [-0.1, -0.05) is 12.1 Å². The first-order valence-corrected chi connectivity index (χ1v) is 8.31. The Hall–Kier alpha value is 0.266. The van der Waals surface area contributed by atoms with Crippen LogP contribution in [0.2, 0.25) is 0 Å². The maximum atomic E-state index is 5.44. The average Bonchev–Trinajstić information content (AvgIpc) is 2.50. The van der Waals surface area contributed by atoms with Crippen molar-refractivity contribution in [1.29, 1.82) is 0 Å². The Morgan fingerprint density at radius 3 is 3.18 bits per heavy atom. The van der Waals surface area contributed by atoms with Gasteiger partial charge in [-0.25, -0.2) is 0 Å². The fraction of sp³-hybridized carbons (Fsp3) is 0.250. The van der Waals surface area contributed by atoms with Gasteiger partial charge in [0.15, 0.2) is 0 Å². The molecule has 2 rings (SSSR count). The predicted octanol–water partition coefficient (Wildman–Crippen LogP) is 1.26. The summed E-state index contributed by atoms with van der Waals surface area (Å²) in [6.45, 7) is 0.864. The molecule has 0 atom stereocenters. The van der Waals surface area contributed by atoms with Crippen LogP contribution in [0.25, 0.3) is 0 Å². The van der Waals surface area contributed by atoms with Crippen LogP contribution in [0, 0.1) is 0 Å². The van der Waals surface area contributed by atoms with E-state index in [1.54, 1.807) is 0 Å². The van der Waals surface area contributed by atoms with E-state index in [2.05, 4.69) is 31.1 Å². The molecule has 1 aromatic rings. The molecule has 1 aliphatic heterocycles. The summed E-state index contributed by atoms with van der Waals surface area (Å²) in [4.78, 5) is 0. The SMILES string of the molecule is [Br][Mg][c]1ccc2c(c1)OCC2. The van der Waals surface area contributed by atoms with Crippen molar-refractivity contribution in [2.24, 2.45) is 0 Å². The maximum Gasteiger partial charge on any atom is 0.506 e. The van der Waals surface area contributed by atoms with Crippen LogP contribution in [0.3, 0.4) is 0 Å². The monoisotopic (exact) mass is 222 g/mol. The highest BCUT2D eigenvalue weighted by molar-refractivity contribution is 9.23. The number of fused-ring (bicyclic) bond motifs is 1. The summed E-state index contributed by atoms with van der Waals surface area (Å²) in [6, 6.07) is 6.56. The minimum absolute atomic E-state index is 0.195. The molecule has 0 spiro atoms. The molecule has 0 aliphatic carbocycles. The molecule has 0 unspecified atom stereocenters.